The Labute approximate surface area is 305 Å². The molecule has 0 fully saturated rings. The van der Waals surface area contributed by atoms with E-state index >= 15 is 0 Å². The van der Waals surface area contributed by atoms with Crippen molar-refractivity contribution in [3.8, 4) is 28.4 Å². The number of benzene rings is 5. The van der Waals surface area contributed by atoms with Gasteiger partial charge in [0.05, 0.1) is 12.7 Å². The van der Waals surface area contributed by atoms with E-state index in [1.54, 1.807) is 19.2 Å². The Hall–Kier alpha value is -5.31. The Kier molecular flexibility index (Phi) is 14.9. The zero-order valence-electron chi connectivity index (χ0n) is 28.7. The number of para-hydroxylation sites is 1. The minimum atomic E-state index is -0.951. The van der Waals surface area contributed by atoms with E-state index in [2.05, 4.69) is 47.4 Å². The summed E-state index contributed by atoms with van der Waals surface area (Å²) in [7, 11) is 1.65. The van der Waals surface area contributed by atoms with Crippen LogP contribution in [0.2, 0.25) is 0 Å². The minimum Gasteiger partial charge on any atom is -0.497 e. The first-order valence-electron chi connectivity index (χ1n) is 16.8. The maximum atomic E-state index is 11.3. The number of hydrogen-bond acceptors (Lipinski definition) is 6. The van der Waals surface area contributed by atoms with Crippen LogP contribution in [0, 0.1) is 0 Å². The molecule has 0 heterocycles. The fourth-order valence-electron chi connectivity index (χ4n) is 5.61. The van der Waals surface area contributed by atoms with Crippen LogP contribution in [0.1, 0.15) is 51.9 Å². The van der Waals surface area contributed by atoms with Gasteiger partial charge in [0.2, 0.25) is 0 Å². The summed E-state index contributed by atoms with van der Waals surface area (Å²) in [5.41, 5.74) is 6.70. The molecule has 0 saturated heterocycles. The highest BCUT2D eigenvalue weighted by atomic mass is 35.5. The van der Waals surface area contributed by atoms with Crippen molar-refractivity contribution < 1.29 is 34.0 Å². The number of carbonyl (C=O) groups is 2. The average molecular weight is 710 g/mol. The molecule has 0 aliphatic heterocycles. The number of nitrogens with zero attached hydrogens (tertiary/aromatic N) is 1. The molecule has 0 spiro atoms. The van der Waals surface area contributed by atoms with Gasteiger partial charge in [-0.25, -0.2) is 4.79 Å². The molecule has 0 bridgehead atoms. The van der Waals surface area contributed by atoms with Crippen LogP contribution in [0.3, 0.4) is 0 Å². The van der Waals surface area contributed by atoms with Crippen molar-refractivity contribution in [2.24, 2.45) is 0 Å². The molecule has 8 nitrogen and oxygen atoms in total. The zero-order valence-corrected chi connectivity index (χ0v) is 29.5. The van der Waals surface area contributed by atoms with Crippen LogP contribution in [0.4, 0.5) is 0 Å². The van der Waals surface area contributed by atoms with Gasteiger partial charge < -0.3 is 24.4 Å². The number of carboxylic acid groups (broad SMARTS) is 2. The van der Waals surface area contributed by atoms with E-state index in [0.29, 0.717) is 26.2 Å². The van der Waals surface area contributed by atoms with Crippen LogP contribution < -0.4 is 14.2 Å². The van der Waals surface area contributed by atoms with Gasteiger partial charge in [-0.15, -0.1) is 12.4 Å². The lowest BCUT2D eigenvalue weighted by Gasteiger charge is -2.23. The van der Waals surface area contributed by atoms with Crippen LogP contribution in [-0.4, -0.2) is 47.3 Å². The van der Waals surface area contributed by atoms with Crippen molar-refractivity contribution in [2.75, 3.05) is 20.2 Å². The Balaban J connectivity index is 0.00000583. The third-order valence-electron chi connectivity index (χ3n) is 8.49. The highest BCUT2D eigenvalue weighted by Gasteiger charge is 2.12. The van der Waals surface area contributed by atoms with Crippen LogP contribution >= 0.6 is 12.4 Å². The summed E-state index contributed by atoms with van der Waals surface area (Å²) in [5.74, 6) is 0.724. The van der Waals surface area contributed by atoms with Crippen molar-refractivity contribution in [3.05, 3.63) is 149 Å². The Morgan fingerprint density at radius 3 is 1.82 bits per heavy atom. The average Bonchev–Trinajstić information content (AvgIpc) is 3.15. The van der Waals surface area contributed by atoms with E-state index < -0.39 is 11.9 Å². The summed E-state index contributed by atoms with van der Waals surface area (Å²) in [4.78, 5) is 24.6. The van der Waals surface area contributed by atoms with Gasteiger partial charge in [-0.1, -0.05) is 78.9 Å². The first kappa shape index (κ1) is 38.5. The highest BCUT2D eigenvalue weighted by Crippen LogP contribution is 2.25. The Morgan fingerprint density at radius 1 is 0.627 bits per heavy atom. The maximum absolute atomic E-state index is 11.3. The molecule has 266 valence electrons. The van der Waals surface area contributed by atoms with Gasteiger partial charge in [0.15, 0.2) is 0 Å². The maximum Gasteiger partial charge on any atom is 0.335 e. The molecule has 0 atom stereocenters. The molecule has 51 heavy (non-hydrogen) atoms. The molecule has 5 rings (SSSR count). The molecular weight excluding hydrogens is 666 g/mol. The number of hydrogen-bond donors (Lipinski definition) is 2. The second-order valence-corrected chi connectivity index (χ2v) is 12.1. The van der Waals surface area contributed by atoms with Crippen molar-refractivity contribution in [2.45, 2.75) is 45.4 Å². The molecule has 5 aromatic rings. The third kappa shape index (κ3) is 12.2. The van der Waals surface area contributed by atoms with E-state index in [4.69, 9.17) is 19.3 Å². The smallest absolute Gasteiger partial charge is 0.335 e. The molecular formula is C42H44ClNO7. The van der Waals surface area contributed by atoms with Crippen molar-refractivity contribution in [3.63, 3.8) is 0 Å². The minimum absolute atomic E-state index is 0. The quantitative estimate of drug-likeness (QED) is 0.0819. The molecule has 2 N–H and O–H groups in total. The summed E-state index contributed by atoms with van der Waals surface area (Å²) >= 11 is 0. The van der Waals surface area contributed by atoms with Crippen LogP contribution in [0.5, 0.6) is 17.2 Å². The molecule has 5 aromatic carbocycles. The number of methoxy groups -OCH3 is 1. The van der Waals surface area contributed by atoms with Crippen LogP contribution in [0.25, 0.3) is 11.1 Å². The van der Waals surface area contributed by atoms with E-state index in [0.717, 1.165) is 76.6 Å². The van der Waals surface area contributed by atoms with E-state index in [1.165, 1.54) is 0 Å². The number of ether oxygens (including phenoxy) is 3. The number of carboxylic acids is 2. The summed E-state index contributed by atoms with van der Waals surface area (Å²) in [6.45, 7) is 3.04. The Morgan fingerprint density at radius 2 is 1.20 bits per heavy atom. The summed E-state index contributed by atoms with van der Waals surface area (Å²) in [5, 5.41) is 18.3. The molecule has 0 amide bonds. The molecule has 0 unspecified atom stereocenters. The molecule has 0 radical (unpaired) electrons. The Bertz CT molecular complexity index is 1810. The van der Waals surface area contributed by atoms with Gasteiger partial charge >= 0.3 is 11.9 Å². The van der Waals surface area contributed by atoms with Crippen LogP contribution in [-0.2, 0) is 31.0 Å². The van der Waals surface area contributed by atoms with Crippen LogP contribution in [0.15, 0.2) is 121 Å². The standard InChI is InChI=1S/C42H43NO7.ClH/c1-48-38-21-13-33(14-22-38)29-49-39-23-19-35(20-24-39)34-15-11-32(12-16-34)30-50-40-7-3-2-6-36(40)25-27-43(26-5-4-8-41(44)45)28-31-9-17-37(18-10-31)42(46)47;/h2-3,6-7,9-24H,4-5,8,25-30H2,1H3,(H,44,45)(H,46,47);1H. The summed E-state index contributed by atoms with van der Waals surface area (Å²) in [6, 6.07) is 39.3. The topological polar surface area (TPSA) is 106 Å². The lowest BCUT2D eigenvalue weighted by atomic mass is 10.0. The number of aliphatic carboxylic acids is 1. The lowest BCUT2D eigenvalue weighted by molar-refractivity contribution is -0.137. The van der Waals surface area contributed by atoms with Gasteiger partial charge in [-0.3, -0.25) is 9.69 Å². The molecule has 0 aromatic heterocycles. The molecule has 0 aliphatic carbocycles. The third-order valence-corrected chi connectivity index (χ3v) is 8.49. The van der Waals surface area contributed by atoms with Crippen molar-refractivity contribution in [1.29, 1.82) is 0 Å². The number of aromatic carboxylic acids is 1. The molecule has 0 aliphatic rings. The number of rotatable bonds is 19. The monoisotopic (exact) mass is 709 g/mol. The second-order valence-electron chi connectivity index (χ2n) is 12.1. The second kappa shape index (κ2) is 19.8. The zero-order chi connectivity index (χ0) is 35.1. The van der Waals surface area contributed by atoms with E-state index in [9.17, 15) is 14.7 Å². The van der Waals surface area contributed by atoms with Gasteiger partial charge in [0.1, 0.15) is 30.5 Å². The molecule has 9 heteroatoms. The largest absolute Gasteiger partial charge is 0.497 e. The highest BCUT2D eigenvalue weighted by molar-refractivity contribution is 5.87. The van der Waals surface area contributed by atoms with Gasteiger partial charge in [0.25, 0.3) is 0 Å². The first-order chi connectivity index (χ1) is 24.4. The van der Waals surface area contributed by atoms with E-state index in [1.807, 2.05) is 66.7 Å². The first-order valence-corrected chi connectivity index (χ1v) is 16.8. The van der Waals surface area contributed by atoms with Gasteiger partial charge in [-0.2, -0.15) is 0 Å². The SMILES string of the molecule is COc1ccc(COc2ccc(-c3ccc(COc4ccccc4CCN(CCCCC(=O)O)Cc4ccc(C(=O)O)cc4)cc3)cc2)cc1.Cl. The van der Waals surface area contributed by atoms with E-state index in [-0.39, 0.29) is 24.4 Å². The lowest BCUT2D eigenvalue weighted by Crippen LogP contribution is -2.27. The predicted molar refractivity (Wildman–Crippen MR) is 201 cm³/mol. The van der Waals surface area contributed by atoms with Crippen molar-refractivity contribution >= 4 is 24.3 Å². The number of unbranched alkanes of at least 4 members (excludes halogenated alkanes) is 1. The van der Waals surface area contributed by atoms with Gasteiger partial charge in [0, 0.05) is 19.5 Å². The van der Waals surface area contributed by atoms with Gasteiger partial charge in [-0.05, 0) is 102 Å². The molecule has 0 saturated carbocycles. The normalized spacial score (nSPS) is 10.7. The van der Waals surface area contributed by atoms with Crippen molar-refractivity contribution in [1.82, 2.24) is 4.90 Å². The fourth-order valence-corrected chi connectivity index (χ4v) is 5.61. The summed E-state index contributed by atoms with van der Waals surface area (Å²) in [6.07, 6.45) is 2.26. The fraction of sp³-hybridized carbons (Fsp3) is 0.238. The number of halogens is 1. The predicted octanol–water partition coefficient (Wildman–Crippen LogP) is 8.94. The summed E-state index contributed by atoms with van der Waals surface area (Å²) < 4.78 is 17.5.